The van der Waals surface area contributed by atoms with Gasteiger partial charge in [-0.2, -0.15) is 0 Å². The normalized spacial score (nSPS) is 11.5. The molecule has 0 saturated carbocycles. The molecule has 4 rings (SSSR count). The third kappa shape index (κ3) is 5.00. The Morgan fingerprint density at radius 1 is 1.06 bits per heavy atom. The largest absolute Gasteiger partial charge is 0.465 e. The monoisotopic (exact) mass is 450 g/mol. The zero-order valence-electron chi connectivity index (χ0n) is 19.1. The molecule has 1 amide bonds. The highest BCUT2D eigenvalue weighted by Gasteiger charge is 2.24. The lowest BCUT2D eigenvalue weighted by molar-refractivity contribution is -0.121. The van der Waals surface area contributed by atoms with Crippen LogP contribution >= 0.6 is 0 Å². The van der Waals surface area contributed by atoms with Crippen molar-refractivity contribution in [2.75, 3.05) is 0 Å². The minimum Gasteiger partial charge on any atom is -0.465 e. The second-order valence-corrected chi connectivity index (χ2v) is 8.49. The van der Waals surface area contributed by atoms with Gasteiger partial charge >= 0.3 is 0 Å². The van der Waals surface area contributed by atoms with Gasteiger partial charge in [0.05, 0.1) is 12.2 Å². The summed E-state index contributed by atoms with van der Waals surface area (Å²) in [5, 5.41) is 3.58. The maximum Gasteiger partial charge on any atom is 0.278 e. The van der Waals surface area contributed by atoms with Crippen LogP contribution in [0.2, 0.25) is 0 Å². The fourth-order valence-corrected chi connectivity index (χ4v) is 4.31. The van der Waals surface area contributed by atoms with Crippen molar-refractivity contribution in [1.29, 1.82) is 0 Å². The first-order valence-corrected chi connectivity index (χ1v) is 11.1. The molecule has 2 aromatic heterocycles. The van der Waals surface area contributed by atoms with E-state index in [1.807, 2.05) is 75.4 Å². The van der Waals surface area contributed by atoms with Gasteiger partial charge in [-0.3, -0.25) is 4.79 Å². The third-order valence-electron chi connectivity index (χ3n) is 6.02. The van der Waals surface area contributed by atoms with Gasteiger partial charge in [0.25, 0.3) is 6.43 Å². The van der Waals surface area contributed by atoms with Crippen LogP contribution in [0.15, 0.2) is 59.0 Å². The van der Waals surface area contributed by atoms with Crippen LogP contribution in [0.1, 0.15) is 52.3 Å². The van der Waals surface area contributed by atoms with Crippen LogP contribution < -0.4 is 5.32 Å². The lowest BCUT2D eigenvalue weighted by atomic mass is 10.0. The molecule has 0 spiro atoms. The Balaban J connectivity index is 1.61. The van der Waals surface area contributed by atoms with Crippen LogP contribution in [-0.4, -0.2) is 10.5 Å². The molecular weight excluding hydrogens is 422 g/mol. The van der Waals surface area contributed by atoms with E-state index in [0.717, 1.165) is 33.4 Å². The molecule has 172 valence electrons. The number of hydrogen-bond donors (Lipinski definition) is 1. The number of aryl methyl sites for hydroxylation is 4. The van der Waals surface area contributed by atoms with E-state index >= 15 is 0 Å². The molecule has 2 aromatic carbocycles. The van der Waals surface area contributed by atoms with E-state index < -0.39 is 6.43 Å². The summed E-state index contributed by atoms with van der Waals surface area (Å²) < 4.78 is 35.9. The fourth-order valence-electron chi connectivity index (χ4n) is 4.31. The Hall–Kier alpha value is -3.41. The summed E-state index contributed by atoms with van der Waals surface area (Å²) in [4.78, 5) is 12.4. The number of furan rings is 1. The van der Waals surface area contributed by atoms with Gasteiger partial charge in [-0.1, -0.05) is 42.0 Å². The van der Waals surface area contributed by atoms with E-state index in [4.69, 9.17) is 4.42 Å². The third-order valence-corrected chi connectivity index (χ3v) is 6.02. The molecule has 4 aromatic rings. The summed E-state index contributed by atoms with van der Waals surface area (Å²) >= 11 is 0. The molecule has 0 radical (unpaired) electrons. The summed E-state index contributed by atoms with van der Waals surface area (Å²) in [5.41, 5.74) is 4.45. The Morgan fingerprint density at radius 3 is 2.58 bits per heavy atom. The molecule has 1 N–H and O–H groups in total. The number of para-hydroxylation sites is 1. The highest BCUT2D eigenvalue weighted by Crippen LogP contribution is 2.35. The van der Waals surface area contributed by atoms with Crippen molar-refractivity contribution < 1.29 is 18.0 Å². The number of aromatic nitrogens is 1. The Morgan fingerprint density at radius 2 is 1.85 bits per heavy atom. The van der Waals surface area contributed by atoms with Crippen molar-refractivity contribution in [3.63, 3.8) is 0 Å². The molecule has 0 fully saturated rings. The lowest BCUT2D eigenvalue weighted by Crippen LogP contribution is -2.23. The number of hydrogen-bond acceptors (Lipinski definition) is 2. The molecular formula is C27H28F2N2O2. The smallest absolute Gasteiger partial charge is 0.278 e. The predicted molar refractivity (Wildman–Crippen MR) is 126 cm³/mol. The topological polar surface area (TPSA) is 47.2 Å². The SMILES string of the molecule is Cc1ccc(C)c(Cn2c(C(F)F)c(CCC(=O)NCc3ccc(C)o3)c3ccccc32)c1. The highest BCUT2D eigenvalue weighted by molar-refractivity contribution is 5.87. The molecule has 0 bridgehead atoms. The number of fused-ring (bicyclic) bond motifs is 1. The van der Waals surface area contributed by atoms with Crippen LogP contribution in [0.3, 0.4) is 0 Å². The number of halogens is 2. The van der Waals surface area contributed by atoms with E-state index in [2.05, 4.69) is 5.32 Å². The number of carbonyl (C=O) groups excluding carboxylic acids is 1. The first kappa shape index (κ1) is 22.8. The number of benzene rings is 2. The summed E-state index contributed by atoms with van der Waals surface area (Å²) in [6.07, 6.45) is -2.29. The van der Waals surface area contributed by atoms with Crippen molar-refractivity contribution in [1.82, 2.24) is 9.88 Å². The molecule has 0 unspecified atom stereocenters. The van der Waals surface area contributed by atoms with Crippen molar-refractivity contribution in [2.45, 2.75) is 53.1 Å². The fraction of sp³-hybridized carbons (Fsp3) is 0.296. The maximum absolute atomic E-state index is 14.4. The summed E-state index contributed by atoms with van der Waals surface area (Å²) in [7, 11) is 0. The zero-order valence-corrected chi connectivity index (χ0v) is 19.1. The maximum atomic E-state index is 14.4. The van der Waals surface area contributed by atoms with Gasteiger partial charge in [-0.05, 0) is 62.1 Å². The molecule has 2 heterocycles. The van der Waals surface area contributed by atoms with Gasteiger partial charge in [-0.15, -0.1) is 0 Å². The first-order valence-electron chi connectivity index (χ1n) is 11.1. The average Bonchev–Trinajstić information content (AvgIpc) is 3.34. The van der Waals surface area contributed by atoms with Crippen molar-refractivity contribution in [3.05, 3.63) is 94.1 Å². The zero-order chi connectivity index (χ0) is 23.5. The summed E-state index contributed by atoms with van der Waals surface area (Å²) in [6.45, 7) is 6.47. The highest BCUT2D eigenvalue weighted by atomic mass is 19.3. The summed E-state index contributed by atoms with van der Waals surface area (Å²) in [5.74, 6) is 1.24. The molecule has 33 heavy (non-hydrogen) atoms. The minimum absolute atomic E-state index is 0.00781. The molecule has 6 heteroatoms. The van der Waals surface area contributed by atoms with Crippen LogP contribution in [-0.2, 0) is 24.3 Å². The molecule has 0 aliphatic carbocycles. The van der Waals surface area contributed by atoms with Gasteiger partial charge in [-0.25, -0.2) is 8.78 Å². The number of nitrogens with zero attached hydrogens (tertiary/aromatic N) is 1. The number of amides is 1. The standard InChI is InChI=1S/C27H28F2N2O2/c1-17-8-9-18(2)20(14-17)16-31-24-7-5-4-6-22(24)23(26(31)27(28)29)12-13-25(32)30-15-21-11-10-19(3)33-21/h4-11,14,27H,12-13,15-16H2,1-3H3,(H,30,32). The van der Waals surface area contributed by atoms with Crippen LogP contribution in [0, 0.1) is 20.8 Å². The molecule has 0 aliphatic rings. The Bertz CT molecular complexity index is 1290. The second-order valence-electron chi connectivity index (χ2n) is 8.49. The van der Waals surface area contributed by atoms with E-state index in [1.54, 1.807) is 4.57 Å². The predicted octanol–water partition coefficient (Wildman–Crippen LogP) is 6.39. The number of alkyl halides is 2. The lowest BCUT2D eigenvalue weighted by Gasteiger charge is -2.14. The van der Waals surface area contributed by atoms with Gasteiger partial charge in [0.15, 0.2) is 0 Å². The van der Waals surface area contributed by atoms with Gasteiger partial charge in [0.1, 0.15) is 11.5 Å². The Labute approximate surface area is 192 Å². The first-order chi connectivity index (χ1) is 15.8. The number of rotatable bonds is 8. The molecule has 0 saturated heterocycles. The van der Waals surface area contributed by atoms with Gasteiger partial charge in [0, 0.05) is 23.9 Å². The van der Waals surface area contributed by atoms with E-state index in [0.29, 0.717) is 17.9 Å². The van der Waals surface area contributed by atoms with Crippen LogP contribution in [0.25, 0.3) is 10.9 Å². The average molecular weight is 451 g/mol. The molecule has 0 aliphatic heterocycles. The number of carbonyl (C=O) groups is 1. The van der Waals surface area contributed by atoms with E-state index in [-0.39, 0.29) is 31.0 Å². The van der Waals surface area contributed by atoms with Crippen molar-refractivity contribution in [2.24, 2.45) is 0 Å². The number of nitrogens with one attached hydrogen (secondary N) is 1. The quantitative estimate of drug-likeness (QED) is 0.338. The van der Waals surface area contributed by atoms with Gasteiger partial charge < -0.3 is 14.3 Å². The molecule has 4 nitrogen and oxygen atoms in total. The minimum atomic E-state index is -2.65. The van der Waals surface area contributed by atoms with Gasteiger partial charge in [0.2, 0.25) is 5.91 Å². The summed E-state index contributed by atoms with van der Waals surface area (Å²) in [6, 6.07) is 17.2. The second kappa shape index (κ2) is 9.61. The van der Waals surface area contributed by atoms with Crippen LogP contribution in [0.4, 0.5) is 8.78 Å². The van der Waals surface area contributed by atoms with Crippen molar-refractivity contribution in [3.8, 4) is 0 Å². The molecule has 0 atom stereocenters. The van der Waals surface area contributed by atoms with E-state index in [1.165, 1.54) is 0 Å². The van der Waals surface area contributed by atoms with Crippen LogP contribution in [0.5, 0.6) is 0 Å². The van der Waals surface area contributed by atoms with E-state index in [9.17, 15) is 13.6 Å². The van der Waals surface area contributed by atoms with Crippen molar-refractivity contribution >= 4 is 16.8 Å². The Kier molecular flexibility index (Phi) is 6.63.